The van der Waals surface area contributed by atoms with Crippen molar-refractivity contribution in [3.63, 3.8) is 0 Å². The van der Waals surface area contributed by atoms with Crippen molar-refractivity contribution in [2.24, 2.45) is 5.92 Å². The Balaban J connectivity index is 2.24. The highest BCUT2D eigenvalue weighted by molar-refractivity contribution is 6.01. The van der Waals surface area contributed by atoms with E-state index in [1.54, 1.807) is 24.9 Å². The lowest BCUT2D eigenvalue weighted by Crippen LogP contribution is -2.33. The van der Waals surface area contributed by atoms with E-state index in [2.05, 4.69) is 0 Å². The summed E-state index contributed by atoms with van der Waals surface area (Å²) in [6.45, 7) is 3.86. The summed E-state index contributed by atoms with van der Waals surface area (Å²) >= 11 is 0. The van der Waals surface area contributed by atoms with E-state index in [0.29, 0.717) is 32.2 Å². The number of hydrogen-bond acceptors (Lipinski definition) is 4. The number of Topliss-reactive ketones (excluding diaryl/α,β-unsaturated/α-hetero) is 1. The summed E-state index contributed by atoms with van der Waals surface area (Å²) in [6, 6.07) is 0. The van der Waals surface area contributed by atoms with E-state index in [-0.39, 0.29) is 11.7 Å². The van der Waals surface area contributed by atoms with Gasteiger partial charge >= 0.3 is 0 Å². The number of rotatable bonds is 8. The molecule has 3 atom stereocenters. The summed E-state index contributed by atoms with van der Waals surface area (Å²) in [4.78, 5) is 25.5. The van der Waals surface area contributed by atoms with Gasteiger partial charge in [0.15, 0.2) is 0 Å². The van der Waals surface area contributed by atoms with Gasteiger partial charge in [0.1, 0.15) is 5.78 Å². The molecule has 0 saturated carbocycles. The van der Waals surface area contributed by atoms with E-state index < -0.39 is 18.1 Å². The molecule has 0 aromatic rings. The molecule has 0 aliphatic carbocycles. The Labute approximate surface area is 120 Å². The molecule has 1 aliphatic heterocycles. The normalized spacial score (nSPS) is 18.9. The van der Waals surface area contributed by atoms with Gasteiger partial charge in [0.25, 0.3) is 0 Å². The van der Waals surface area contributed by atoms with Crippen molar-refractivity contribution in [2.75, 3.05) is 6.54 Å². The van der Waals surface area contributed by atoms with Gasteiger partial charge in [0.05, 0.1) is 18.1 Å². The van der Waals surface area contributed by atoms with Gasteiger partial charge in [0, 0.05) is 19.2 Å². The fourth-order valence-corrected chi connectivity index (χ4v) is 2.17. The van der Waals surface area contributed by atoms with Gasteiger partial charge < -0.3 is 15.1 Å². The highest BCUT2D eigenvalue weighted by Crippen LogP contribution is 2.14. The van der Waals surface area contributed by atoms with Crippen molar-refractivity contribution in [3.05, 3.63) is 12.3 Å². The molecule has 20 heavy (non-hydrogen) atoms. The summed E-state index contributed by atoms with van der Waals surface area (Å²) in [6.07, 6.45) is 5.16. The molecular formula is C15H25NO4. The monoisotopic (exact) mass is 283 g/mol. The van der Waals surface area contributed by atoms with Gasteiger partial charge in [-0.15, -0.1) is 0 Å². The largest absolute Gasteiger partial charge is 0.391 e. The van der Waals surface area contributed by atoms with E-state index in [4.69, 9.17) is 5.11 Å². The molecule has 0 saturated heterocycles. The van der Waals surface area contributed by atoms with Crippen molar-refractivity contribution < 1.29 is 19.8 Å². The Morgan fingerprint density at radius 1 is 1.25 bits per heavy atom. The molecule has 1 heterocycles. The molecule has 0 bridgehead atoms. The maximum absolute atomic E-state index is 12.0. The van der Waals surface area contributed by atoms with E-state index in [0.717, 1.165) is 6.42 Å². The fraction of sp³-hybridized carbons (Fsp3) is 0.733. The average Bonchev–Trinajstić information content (AvgIpc) is 2.95. The number of hydrogen-bond donors (Lipinski definition) is 2. The van der Waals surface area contributed by atoms with Gasteiger partial charge in [-0.2, -0.15) is 0 Å². The first kappa shape index (κ1) is 16.9. The second-order valence-electron chi connectivity index (χ2n) is 5.45. The van der Waals surface area contributed by atoms with Crippen LogP contribution >= 0.6 is 0 Å². The van der Waals surface area contributed by atoms with Crippen LogP contribution < -0.4 is 0 Å². The highest BCUT2D eigenvalue weighted by atomic mass is 16.3. The molecule has 0 aromatic carbocycles. The molecule has 114 valence electrons. The second kappa shape index (κ2) is 8.17. The van der Waals surface area contributed by atoms with Crippen molar-refractivity contribution in [1.82, 2.24) is 4.90 Å². The average molecular weight is 283 g/mol. The predicted molar refractivity (Wildman–Crippen MR) is 75.8 cm³/mol. The van der Waals surface area contributed by atoms with Crippen molar-refractivity contribution >= 4 is 11.7 Å². The second-order valence-corrected chi connectivity index (χ2v) is 5.45. The Bertz CT molecular complexity index is 365. The van der Waals surface area contributed by atoms with Gasteiger partial charge in [-0.3, -0.25) is 9.59 Å². The molecule has 0 fully saturated rings. The number of nitrogens with zero attached hydrogens (tertiary/aromatic N) is 1. The van der Waals surface area contributed by atoms with Crippen LogP contribution in [0.1, 0.15) is 46.0 Å². The minimum absolute atomic E-state index is 0.0539. The Hall–Kier alpha value is -1.20. The molecule has 0 aromatic heterocycles. The molecule has 0 spiro atoms. The van der Waals surface area contributed by atoms with Crippen molar-refractivity contribution in [3.8, 4) is 0 Å². The summed E-state index contributed by atoms with van der Waals surface area (Å²) in [5.74, 6) is -0.783. The highest BCUT2D eigenvalue weighted by Gasteiger charge is 2.25. The van der Waals surface area contributed by atoms with Crippen molar-refractivity contribution in [2.45, 2.75) is 58.2 Å². The van der Waals surface area contributed by atoms with Crippen LogP contribution in [-0.4, -0.2) is 45.6 Å². The van der Waals surface area contributed by atoms with Crippen LogP contribution in [0.5, 0.6) is 0 Å². The van der Waals surface area contributed by atoms with E-state index >= 15 is 0 Å². The van der Waals surface area contributed by atoms with Gasteiger partial charge in [-0.05, 0) is 33.1 Å². The number of carbonyl (C=O) groups excluding carboxylic acids is 2. The quantitative estimate of drug-likeness (QED) is 0.519. The Kier molecular flexibility index (Phi) is 6.88. The molecule has 0 unspecified atom stereocenters. The number of ketones is 1. The van der Waals surface area contributed by atoms with Crippen LogP contribution in [0.4, 0.5) is 0 Å². The van der Waals surface area contributed by atoms with Crippen LogP contribution in [0.15, 0.2) is 12.3 Å². The summed E-state index contributed by atoms with van der Waals surface area (Å²) < 4.78 is 0. The number of amides is 1. The first-order chi connectivity index (χ1) is 9.43. The number of aliphatic hydroxyl groups is 2. The molecule has 5 heteroatoms. The van der Waals surface area contributed by atoms with Gasteiger partial charge in [-0.1, -0.05) is 12.5 Å². The van der Waals surface area contributed by atoms with E-state index in [1.807, 2.05) is 6.08 Å². The Morgan fingerprint density at radius 3 is 2.50 bits per heavy atom. The topological polar surface area (TPSA) is 77.8 Å². The first-order valence-electron chi connectivity index (χ1n) is 7.29. The minimum Gasteiger partial charge on any atom is -0.391 e. The lowest BCUT2D eigenvalue weighted by Gasteiger charge is -2.18. The molecule has 1 rings (SSSR count). The smallest absolute Gasteiger partial charge is 0.236 e. The van der Waals surface area contributed by atoms with Gasteiger partial charge in [-0.25, -0.2) is 0 Å². The van der Waals surface area contributed by atoms with Gasteiger partial charge in [0.2, 0.25) is 5.91 Å². The molecule has 0 radical (unpaired) electrons. The summed E-state index contributed by atoms with van der Waals surface area (Å²) in [5.41, 5.74) is 0. The number of aliphatic hydroxyl groups excluding tert-OH is 2. The molecule has 2 N–H and O–H groups in total. The predicted octanol–water partition coefficient (Wildman–Crippen LogP) is 1.24. The number of carbonyl (C=O) groups is 2. The molecule has 5 nitrogen and oxygen atoms in total. The third-order valence-corrected chi connectivity index (χ3v) is 3.69. The molecule has 1 aliphatic rings. The fourth-order valence-electron chi connectivity index (χ4n) is 2.17. The third-order valence-electron chi connectivity index (χ3n) is 3.69. The zero-order valence-corrected chi connectivity index (χ0v) is 12.3. The standard InChI is InChI=1S/C15H25NO4/c1-11(15(20)16-9-5-6-10-16)13(18)7-3-4-8-14(19)12(2)17/h5,9,11-12,14,17,19H,3-4,6-8,10H2,1-2H3/t11-,12-,14+/m1/s1. The van der Waals surface area contributed by atoms with Crippen LogP contribution in [0.25, 0.3) is 0 Å². The summed E-state index contributed by atoms with van der Waals surface area (Å²) in [5, 5.41) is 18.6. The maximum atomic E-state index is 12.0. The first-order valence-corrected chi connectivity index (χ1v) is 7.29. The Morgan fingerprint density at radius 2 is 1.95 bits per heavy atom. The molecule has 1 amide bonds. The molecular weight excluding hydrogens is 258 g/mol. The van der Waals surface area contributed by atoms with Crippen LogP contribution in [0.2, 0.25) is 0 Å². The van der Waals surface area contributed by atoms with Crippen LogP contribution in [0.3, 0.4) is 0 Å². The minimum atomic E-state index is -0.742. The zero-order chi connectivity index (χ0) is 15.1. The lowest BCUT2D eigenvalue weighted by molar-refractivity contribution is -0.138. The SMILES string of the molecule is C[C@H](C(=O)CCCC[C@H](O)[C@@H](C)O)C(=O)N1C=CCC1. The zero-order valence-electron chi connectivity index (χ0n) is 12.3. The van der Waals surface area contributed by atoms with Crippen LogP contribution in [0, 0.1) is 5.92 Å². The van der Waals surface area contributed by atoms with Crippen molar-refractivity contribution in [1.29, 1.82) is 0 Å². The summed E-state index contributed by atoms with van der Waals surface area (Å²) in [7, 11) is 0. The van der Waals surface area contributed by atoms with E-state index in [1.165, 1.54) is 0 Å². The lowest BCUT2D eigenvalue weighted by atomic mass is 9.98. The maximum Gasteiger partial charge on any atom is 0.236 e. The number of unbranched alkanes of at least 4 members (excludes halogenated alkanes) is 1. The van der Waals surface area contributed by atoms with E-state index in [9.17, 15) is 14.7 Å². The third kappa shape index (κ3) is 5.06. The van der Waals surface area contributed by atoms with Crippen LogP contribution in [-0.2, 0) is 9.59 Å².